The molecule has 2 aliphatic rings. The van der Waals surface area contributed by atoms with E-state index in [0.717, 1.165) is 18.8 Å². The number of hydrogen-bond donors (Lipinski definition) is 0. The minimum Gasteiger partial charge on any atom is -0.339 e. The van der Waals surface area contributed by atoms with Gasteiger partial charge in [-0.05, 0) is 39.3 Å². The number of hydrogen-bond acceptors (Lipinski definition) is 3. The molecule has 0 radical (unpaired) electrons. The average Bonchev–Trinajstić information content (AvgIpc) is 2.47. The van der Waals surface area contributed by atoms with Crippen LogP contribution >= 0.6 is 0 Å². The van der Waals surface area contributed by atoms with Crippen molar-refractivity contribution in [2.24, 2.45) is 0 Å². The molecule has 2 saturated heterocycles. The molecule has 0 bridgehead atoms. The number of likely N-dealkylation sites (tertiary alicyclic amines) is 2. The monoisotopic (exact) mass is 317 g/mol. The molecule has 1 amide bonds. The Bertz CT molecular complexity index is 619. The standard InChI is InChI=1S/C18H27N3O2/c1-14-6-3-4-10-20(14)16-12-19(13-16)17(22)9-11-21-15(2)7-5-8-18(21)23/h5,7-8,14,16H,3-4,6,9-13H2,1-2H3/t14-/m0/s1. The van der Waals surface area contributed by atoms with E-state index in [0.29, 0.717) is 25.0 Å². The summed E-state index contributed by atoms with van der Waals surface area (Å²) in [6.07, 6.45) is 4.30. The topological polar surface area (TPSA) is 45.6 Å². The van der Waals surface area contributed by atoms with Crippen LogP contribution in [0.3, 0.4) is 0 Å². The summed E-state index contributed by atoms with van der Waals surface area (Å²) in [5.74, 6) is 0.168. The van der Waals surface area contributed by atoms with Crippen LogP contribution in [0.5, 0.6) is 0 Å². The minimum absolute atomic E-state index is 0.0265. The molecule has 1 aromatic rings. The van der Waals surface area contributed by atoms with Crippen LogP contribution < -0.4 is 5.56 Å². The van der Waals surface area contributed by atoms with Crippen molar-refractivity contribution < 1.29 is 4.79 Å². The summed E-state index contributed by atoms with van der Waals surface area (Å²) in [5.41, 5.74) is 0.885. The van der Waals surface area contributed by atoms with Crippen LogP contribution in [0.25, 0.3) is 0 Å². The number of pyridine rings is 1. The second kappa shape index (κ2) is 6.87. The quantitative estimate of drug-likeness (QED) is 0.848. The fourth-order valence-corrected chi connectivity index (χ4v) is 3.81. The van der Waals surface area contributed by atoms with Crippen molar-refractivity contribution in [3.8, 4) is 0 Å². The molecule has 0 spiro atoms. The second-order valence-electron chi connectivity index (χ2n) is 6.94. The normalized spacial score (nSPS) is 22.9. The van der Waals surface area contributed by atoms with E-state index >= 15 is 0 Å². The molecule has 5 heteroatoms. The highest BCUT2D eigenvalue weighted by molar-refractivity contribution is 5.77. The van der Waals surface area contributed by atoms with E-state index < -0.39 is 0 Å². The predicted molar refractivity (Wildman–Crippen MR) is 90.4 cm³/mol. The fourth-order valence-electron chi connectivity index (χ4n) is 3.81. The number of carbonyl (C=O) groups excluding carboxylic acids is 1. The molecule has 0 N–H and O–H groups in total. The average molecular weight is 317 g/mol. The van der Waals surface area contributed by atoms with Crippen molar-refractivity contribution in [2.45, 2.75) is 58.2 Å². The molecule has 0 aliphatic carbocycles. The van der Waals surface area contributed by atoms with Crippen molar-refractivity contribution in [2.75, 3.05) is 19.6 Å². The van der Waals surface area contributed by atoms with Gasteiger partial charge in [0.15, 0.2) is 0 Å². The Balaban J connectivity index is 1.48. The Kier molecular flexibility index (Phi) is 4.85. The van der Waals surface area contributed by atoms with Gasteiger partial charge in [-0.15, -0.1) is 0 Å². The summed E-state index contributed by atoms with van der Waals surface area (Å²) < 4.78 is 1.68. The Morgan fingerprint density at radius 3 is 2.74 bits per heavy atom. The molecule has 0 aromatic carbocycles. The van der Waals surface area contributed by atoms with Gasteiger partial charge in [-0.1, -0.05) is 12.5 Å². The zero-order valence-corrected chi connectivity index (χ0v) is 14.2. The molecular weight excluding hydrogens is 290 g/mol. The molecule has 2 aliphatic heterocycles. The van der Waals surface area contributed by atoms with Crippen LogP contribution in [0.4, 0.5) is 0 Å². The SMILES string of the molecule is Cc1cccc(=O)n1CCC(=O)N1CC(N2CCCC[C@@H]2C)C1. The van der Waals surface area contributed by atoms with Crippen molar-refractivity contribution >= 4 is 5.91 Å². The van der Waals surface area contributed by atoms with Crippen LogP contribution in [0, 0.1) is 6.92 Å². The first-order chi connectivity index (χ1) is 11.1. The maximum absolute atomic E-state index is 12.3. The smallest absolute Gasteiger partial charge is 0.250 e. The van der Waals surface area contributed by atoms with Crippen LogP contribution in [-0.4, -0.2) is 52.0 Å². The third kappa shape index (κ3) is 3.50. The lowest BCUT2D eigenvalue weighted by atomic mass is 9.97. The Hall–Kier alpha value is -1.62. The molecule has 3 rings (SSSR count). The van der Waals surface area contributed by atoms with Crippen molar-refractivity contribution in [1.82, 2.24) is 14.4 Å². The van der Waals surface area contributed by atoms with Gasteiger partial charge in [-0.2, -0.15) is 0 Å². The highest BCUT2D eigenvalue weighted by Gasteiger charge is 2.37. The molecule has 5 nitrogen and oxygen atoms in total. The molecule has 1 aromatic heterocycles. The number of nitrogens with zero attached hydrogens (tertiary/aromatic N) is 3. The van der Waals surface area contributed by atoms with Crippen LogP contribution in [0.1, 0.15) is 38.3 Å². The molecule has 3 heterocycles. The van der Waals surface area contributed by atoms with E-state index in [9.17, 15) is 9.59 Å². The second-order valence-corrected chi connectivity index (χ2v) is 6.94. The van der Waals surface area contributed by atoms with Crippen LogP contribution in [0.15, 0.2) is 23.0 Å². The van der Waals surface area contributed by atoms with Gasteiger partial charge >= 0.3 is 0 Å². The lowest BCUT2D eigenvalue weighted by Crippen LogP contribution is -2.63. The summed E-state index contributed by atoms with van der Waals surface area (Å²) >= 11 is 0. The first kappa shape index (κ1) is 16.2. The molecule has 126 valence electrons. The van der Waals surface area contributed by atoms with Gasteiger partial charge in [0.2, 0.25) is 5.91 Å². The Morgan fingerprint density at radius 2 is 2.04 bits per heavy atom. The zero-order chi connectivity index (χ0) is 16.4. The number of rotatable bonds is 4. The van der Waals surface area contributed by atoms with E-state index in [1.807, 2.05) is 17.9 Å². The van der Waals surface area contributed by atoms with Gasteiger partial charge in [0.25, 0.3) is 5.56 Å². The van der Waals surface area contributed by atoms with Gasteiger partial charge in [0.05, 0.1) is 0 Å². The first-order valence-electron chi connectivity index (χ1n) is 8.76. The van der Waals surface area contributed by atoms with E-state index in [1.165, 1.54) is 25.8 Å². The van der Waals surface area contributed by atoms with E-state index in [-0.39, 0.29) is 11.5 Å². The molecule has 23 heavy (non-hydrogen) atoms. The summed E-state index contributed by atoms with van der Waals surface area (Å²) in [6.45, 7) is 7.56. The zero-order valence-electron chi connectivity index (χ0n) is 14.2. The van der Waals surface area contributed by atoms with Crippen molar-refractivity contribution in [3.05, 3.63) is 34.2 Å². The predicted octanol–water partition coefficient (Wildman–Crippen LogP) is 1.63. The highest BCUT2D eigenvalue weighted by Crippen LogP contribution is 2.24. The number of carbonyl (C=O) groups is 1. The number of aromatic nitrogens is 1. The lowest BCUT2D eigenvalue weighted by Gasteiger charge is -2.49. The molecule has 1 atom stereocenters. The molecule has 0 unspecified atom stereocenters. The lowest BCUT2D eigenvalue weighted by molar-refractivity contribution is -0.140. The van der Waals surface area contributed by atoms with Crippen LogP contribution in [0.2, 0.25) is 0 Å². The number of aryl methyl sites for hydroxylation is 1. The third-order valence-electron chi connectivity index (χ3n) is 5.36. The summed E-state index contributed by atoms with van der Waals surface area (Å²) in [4.78, 5) is 28.7. The van der Waals surface area contributed by atoms with Crippen molar-refractivity contribution in [1.29, 1.82) is 0 Å². The Morgan fingerprint density at radius 1 is 1.26 bits per heavy atom. The van der Waals surface area contributed by atoms with Gasteiger partial charge in [0.1, 0.15) is 0 Å². The van der Waals surface area contributed by atoms with Gasteiger partial charge < -0.3 is 9.47 Å². The molecular formula is C18H27N3O2. The fraction of sp³-hybridized carbons (Fsp3) is 0.667. The van der Waals surface area contributed by atoms with Gasteiger partial charge in [-0.25, -0.2) is 0 Å². The minimum atomic E-state index is -0.0265. The van der Waals surface area contributed by atoms with E-state index in [4.69, 9.17) is 0 Å². The summed E-state index contributed by atoms with van der Waals surface area (Å²) in [6, 6.07) is 6.40. The highest BCUT2D eigenvalue weighted by atomic mass is 16.2. The van der Waals surface area contributed by atoms with Crippen LogP contribution in [-0.2, 0) is 11.3 Å². The molecule has 2 fully saturated rings. The largest absolute Gasteiger partial charge is 0.339 e. The summed E-state index contributed by atoms with van der Waals surface area (Å²) in [7, 11) is 0. The van der Waals surface area contributed by atoms with Gasteiger partial charge in [-0.3, -0.25) is 14.5 Å². The van der Waals surface area contributed by atoms with Crippen molar-refractivity contribution in [3.63, 3.8) is 0 Å². The Labute approximate surface area is 137 Å². The first-order valence-corrected chi connectivity index (χ1v) is 8.76. The maximum Gasteiger partial charge on any atom is 0.250 e. The maximum atomic E-state index is 12.3. The molecule has 0 saturated carbocycles. The van der Waals surface area contributed by atoms with E-state index in [1.54, 1.807) is 16.7 Å². The summed E-state index contributed by atoms with van der Waals surface area (Å²) in [5, 5.41) is 0. The third-order valence-corrected chi connectivity index (χ3v) is 5.36. The number of amides is 1. The van der Waals surface area contributed by atoms with Gasteiger partial charge in [0, 0.05) is 49.9 Å². The number of piperidine rings is 1. The van der Waals surface area contributed by atoms with E-state index in [2.05, 4.69) is 11.8 Å².